The largest absolute Gasteiger partial charge is 0.326 e. The molecule has 1 aliphatic heterocycles. The highest BCUT2D eigenvalue weighted by Crippen LogP contribution is 2.20. The number of carbonyl (C=O) groups is 1. The fraction of sp³-hybridized carbons (Fsp3) is 0.450. The standard InChI is InChI=1S/C16H20N2O.2C2H6/c1-3-8-14(4-2)18-12-11-15(17-16(18)19)13-9-6-5-7-10-13;2*1-2/h3-4,6,8-11H,5,7,12H2,1-2H3,(H,17,19);2*1-2H3/b8-3-,14-4+;;. The van der Waals surface area contributed by atoms with Gasteiger partial charge in [0.1, 0.15) is 0 Å². The van der Waals surface area contributed by atoms with E-state index >= 15 is 0 Å². The lowest BCUT2D eigenvalue weighted by Gasteiger charge is -2.28. The zero-order chi connectivity index (χ0) is 17.7. The maximum Gasteiger partial charge on any atom is 0.326 e. The van der Waals surface area contributed by atoms with Crippen LogP contribution in [0.4, 0.5) is 4.79 Å². The summed E-state index contributed by atoms with van der Waals surface area (Å²) in [6.07, 6.45) is 16.4. The summed E-state index contributed by atoms with van der Waals surface area (Å²) in [4.78, 5) is 13.9. The first-order chi connectivity index (χ1) is 11.3. The lowest BCUT2D eigenvalue weighted by Crippen LogP contribution is -2.42. The van der Waals surface area contributed by atoms with Gasteiger partial charge >= 0.3 is 6.03 Å². The molecule has 1 aliphatic carbocycles. The molecule has 0 saturated carbocycles. The fourth-order valence-corrected chi connectivity index (χ4v) is 2.24. The molecular formula is C20H32N2O. The van der Waals surface area contributed by atoms with Crippen LogP contribution in [0, 0.1) is 0 Å². The van der Waals surface area contributed by atoms with E-state index in [9.17, 15) is 4.79 Å². The smallest absolute Gasteiger partial charge is 0.307 e. The summed E-state index contributed by atoms with van der Waals surface area (Å²) in [5, 5.41) is 2.96. The predicted molar refractivity (Wildman–Crippen MR) is 101 cm³/mol. The number of amides is 2. The van der Waals surface area contributed by atoms with Crippen molar-refractivity contribution in [1.82, 2.24) is 10.2 Å². The minimum absolute atomic E-state index is 0.0661. The monoisotopic (exact) mass is 316 g/mol. The Hall–Kier alpha value is -2.03. The SMILES string of the molecule is C/C=C\C(=C/C)N1CC=C(C2=CCCC=C2)NC1=O.CC.CC. The molecular weight excluding hydrogens is 284 g/mol. The third-order valence-corrected chi connectivity index (χ3v) is 3.22. The van der Waals surface area contributed by atoms with Crippen LogP contribution < -0.4 is 5.32 Å². The van der Waals surface area contributed by atoms with E-state index in [0.29, 0.717) is 6.54 Å². The van der Waals surface area contributed by atoms with Crippen molar-refractivity contribution in [2.45, 2.75) is 54.4 Å². The first-order valence-electron chi connectivity index (χ1n) is 8.71. The van der Waals surface area contributed by atoms with Crippen LogP contribution in [0.5, 0.6) is 0 Å². The van der Waals surface area contributed by atoms with Gasteiger partial charge in [0.05, 0.1) is 0 Å². The van der Waals surface area contributed by atoms with E-state index in [1.54, 1.807) is 4.90 Å². The molecule has 23 heavy (non-hydrogen) atoms. The Morgan fingerprint density at radius 1 is 1.13 bits per heavy atom. The zero-order valence-electron chi connectivity index (χ0n) is 15.5. The Bertz CT molecular complexity index is 508. The summed E-state index contributed by atoms with van der Waals surface area (Å²) >= 11 is 0. The van der Waals surface area contributed by atoms with Crippen molar-refractivity contribution >= 4 is 6.03 Å². The predicted octanol–water partition coefficient (Wildman–Crippen LogP) is 5.70. The van der Waals surface area contributed by atoms with E-state index in [4.69, 9.17) is 0 Å². The summed E-state index contributed by atoms with van der Waals surface area (Å²) in [6, 6.07) is -0.0661. The van der Waals surface area contributed by atoms with Crippen LogP contribution in [-0.4, -0.2) is 17.5 Å². The van der Waals surface area contributed by atoms with Gasteiger partial charge in [-0.25, -0.2) is 4.79 Å². The van der Waals surface area contributed by atoms with Gasteiger partial charge in [-0.2, -0.15) is 0 Å². The number of nitrogens with one attached hydrogen (secondary N) is 1. The Balaban J connectivity index is 0.00000112. The molecule has 0 bridgehead atoms. The highest BCUT2D eigenvalue weighted by Gasteiger charge is 2.21. The van der Waals surface area contributed by atoms with Gasteiger partial charge in [0.15, 0.2) is 0 Å². The third kappa shape index (κ3) is 6.31. The summed E-state index contributed by atoms with van der Waals surface area (Å²) in [5.41, 5.74) is 2.96. The number of nitrogens with zero attached hydrogens (tertiary/aromatic N) is 1. The number of carbonyl (C=O) groups excluding carboxylic acids is 1. The Morgan fingerprint density at radius 3 is 2.30 bits per heavy atom. The van der Waals surface area contributed by atoms with Crippen molar-refractivity contribution in [2.75, 3.05) is 6.54 Å². The second-order valence-corrected chi connectivity index (χ2v) is 4.51. The van der Waals surface area contributed by atoms with Crippen molar-refractivity contribution in [1.29, 1.82) is 0 Å². The average molecular weight is 316 g/mol. The molecule has 2 aliphatic rings. The van der Waals surface area contributed by atoms with Crippen LogP contribution in [0.3, 0.4) is 0 Å². The first-order valence-corrected chi connectivity index (χ1v) is 8.71. The highest BCUT2D eigenvalue weighted by atomic mass is 16.2. The molecule has 0 radical (unpaired) electrons. The molecule has 0 saturated heterocycles. The minimum atomic E-state index is -0.0661. The average Bonchev–Trinajstić information content (AvgIpc) is 2.64. The first kappa shape index (κ1) is 21.0. The Kier molecular flexibility index (Phi) is 11.4. The van der Waals surface area contributed by atoms with Gasteiger partial charge in [0.2, 0.25) is 0 Å². The molecule has 0 aromatic carbocycles. The molecule has 0 spiro atoms. The summed E-state index contributed by atoms with van der Waals surface area (Å²) in [5.74, 6) is 0. The second kappa shape index (κ2) is 12.5. The van der Waals surface area contributed by atoms with Gasteiger partial charge in [-0.15, -0.1) is 0 Å². The molecule has 0 aromatic rings. The number of hydrogen-bond donors (Lipinski definition) is 1. The van der Waals surface area contributed by atoms with Gasteiger partial charge in [0.25, 0.3) is 0 Å². The molecule has 0 unspecified atom stereocenters. The van der Waals surface area contributed by atoms with Crippen LogP contribution in [0.15, 0.2) is 59.5 Å². The third-order valence-electron chi connectivity index (χ3n) is 3.22. The number of rotatable bonds is 3. The lowest BCUT2D eigenvalue weighted by molar-refractivity contribution is 0.216. The van der Waals surface area contributed by atoms with Crippen molar-refractivity contribution in [3.63, 3.8) is 0 Å². The molecule has 0 fully saturated rings. The molecule has 3 nitrogen and oxygen atoms in total. The van der Waals surface area contributed by atoms with Gasteiger partial charge in [-0.3, -0.25) is 4.90 Å². The molecule has 0 atom stereocenters. The normalized spacial score (nSPS) is 17.4. The lowest BCUT2D eigenvalue weighted by atomic mass is 10.0. The molecule has 2 amide bonds. The minimum Gasteiger partial charge on any atom is -0.307 e. The van der Waals surface area contributed by atoms with Crippen molar-refractivity contribution in [3.05, 3.63) is 59.5 Å². The van der Waals surface area contributed by atoms with Crippen LogP contribution in [0.2, 0.25) is 0 Å². The fourth-order valence-electron chi connectivity index (χ4n) is 2.24. The molecule has 1 N–H and O–H groups in total. The van der Waals surface area contributed by atoms with Crippen molar-refractivity contribution in [3.8, 4) is 0 Å². The van der Waals surface area contributed by atoms with E-state index in [0.717, 1.165) is 29.8 Å². The Morgan fingerprint density at radius 2 is 1.83 bits per heavy atom. The maximum atomic E-state index is 12.2. The van der Waals surface area contributed by atoms with Crippen molar-refractivity contribution in [2.24, 2.45) is 0 Å². The Labute approximate surface area is 142 Å². The van der Waals surface area contributed by atoms with E-state index in [1.165, 1.54) is 0 Å². The van der Waals surface area contributed by atoms with E-state index in [-0.39, 0.29) is 6.03 Å². The molecule has 1 heterocycles. The van der Waals surface area contributed by atoms with Gasteiger partial charge in [0, 0.05) is 17.9 Å². The molecule has 3 heteroatoms. The quantitative estimate of drug-likeness (QED) is 0.665. The van der Waals surface area contributed by atoms with Crippen molar-refractivity contribution < 1.29 is 4.79 Å². The zero-order valence-corrected chi connectivity index (χ0v) is 15.5. The van der Waals surface area contributed by atoms with Crippen LogP contribution in [-0.2, 0) is 0 Å². The number of hydrogen-bond acceptors (Lipinski definition) is 1. The second-order valence-electron chi connectivity index (χ2n) is 4.51. The van der Waals surface area contributed by atoms with E-state index in [1.807, 2.05) is 59.8 Å². The maximum absolute atomic E-state index is 12.2. The van der Waals surface area contributed by atoms with Crippen LogP contribution in [0.25, 0.3) is 0 Å². The molecule has 0 aromatic heterocycles. The highest BCUT2D eigenvalue weighted by molar-refractivity contribution is 5.81. The number of urea groups is 1. The van der Waals surface area contributed by atoms with Crippen LogP contribution >= 0.6 is 0 Å². The topological polar surface area (TPSA) is 32.3 Å². The van der Waals surface area contributed by atoms with E-state index in [2.05, 4.69) is 29.6 Å². The van der Waals surface area contributed by atoms with Crippen LogP contribution in [0.1, 0.15) is 54.4 Å². The summed E-state index contributed by atoms with van der Waals surface area (Å²) in [7, 11) is 0. The summed E-state index contributed by atoms with van der Waals surface area (Å²) < 4.78 is 0. The number of allylic oxidation sites excluding steroid dienone is 6. The van der Waals surface area contributed by atoms with Gasteiger partial charge < -0.3 is 5.32 Å². The molecule has 2 rings (SSSR count). The van der Waals surface area contributed by atoms with E-state index < -0.39 is 0 Å². The van der Waals surface area contributed by atoms with Gasteiger partial charge in [-0.05, 0) is 44.4 Å². The molecule has 128 valence electrons. The summed E-state index contributed by atoms with van der Waals surface area (Å²) in [6.45, 7) is 12.5. The van der Waals surface area contributed by atoms with Gasteiger partial charge in [-0.1, -0.05) is 58.1 Å².